The molecule has 3 N–H and O–H groups in total. The highest BCUT2D eigenvalue weighted by Crippen LogP contribution is 2.25. The standard InChI is InChI=1S/C13H14N4O3S/c1-3-9-11(21-16-15-9)12(18)17(2)10-5-4-7(14)6-8(10)13(19)20/h4-6H,3,14H2,1-2H3,(H,19,20). The quantitative estimate of drug-likeness (QED) is 0.831. The molecule has 7 nitrogen and oxygen atoms in total. The minimum atomic E-state index is -1.14. The number of rotatable bonds is 4. The topological polar surface area (TPSA) is 109 Å². The van der Waals surface area contributed by atoms with E-state index in [2.05, 4.69) is 9.59 Å². The molecule has 21 heavy (non-hydrogen) atoms. The molecule has 0 atom stereocenters. The summed E-state index contributed by atoms with van der Waals surface area (Å²) in [5, 5.41) is 13.1. The predicted molar refractivity (Wildman–Crippen MR) is 79.8 cm³/mol. The summed E-state index contributed by atoms with van der Waals surface area (Å²) in [6.07, 6.45) is 0.582. The van der Waals surface area contributed by atoms with Crippen LogP contribution in [0.25, 0.3) is 0 Å². The first-order valence-electron chi connectivity index (χ1n) is 6.17. The van der Waals surface area contributed by atoms with Crippen LogP contribution < -0.4 is 10.6 Å². The second-order valence-corrected chi connectivity index (χ2v) is 5.10. The fourth-order valence-electron chi connectivity index (χ4n) is 1.88. The Morgan fingerprint density at radius 2 is 2.14 bits per heavy atom. The number of hydrogen-bond acceptors (Lipinski definition) is 6. The number of nitrogens with two attached hydrogens (primary N) is 1. The van der Waals surface area contributed by atoms with E-state index in [-0.39, 0.29) is 17.2 Å². The minimum absolute atomic E-state index is 0.0265. The number of benzene rings is 1. The summed E-state index contributed by atoms with van der Waals surface area (Å²) in [4.78, 5) is 25.5. The van der Waals surface area contributed by atoms with E-state index >= 15 is 0 Å². The Hall–Kier alpha value is -2.48. The summed E-state index contributed by atoms with van der Waals surface area (Å²) in [5.74, 6) is -1.48. The number of nitrogens with zero attached hydrogens (tertiary/aromatic N) is 3. The van der Waals surface area contributed by atoms with Crippen molar-refractivity contribution in [2.45, 2.75) is 13.3 Å². The molecule has 0 unspecified atom stereocenters. The van der Waals surface area contributed by atoms with Gasteiger partial charge in [0.2, 0.25) is 0 Å². The lowest BCUT2D eigenvalue weighted by Crippen LogP contribution is -2.28. The van der Waals surface area contributed by atoms with Crippen LogP contribution in [-0.4, -0.2) is 33.6 Å². The molecule has 2 aromatic rings. The third kappa shape index (κ3) is 2.84. The maximum absolute atomic E-state index is 12.5. The lowest BCUT2D eigenvalue weighted by Gasteiger charge is -2.19. The summed E-state index contributed by atoms with van der Waals surface area (Å²) < 4.78 is 3.77. The van der Waals surface area contributed by atoms with Crippen LogP contribution in [-0.2, 0) is 6.42 Å². The largest absolute Gasteiger partial charge is 0.478 e. The number of aromatic carboxylic acids is 1. The van der Waals surface area contributed by atoms with Gasteiger partial charge in [-0.25, -0.2) is 4.79 Å². The Labute approximate surface area is 125 Å². The maximum Gasteiger partial charge on any atom is 0.337 e. The minimum Gasteiger partial charge on any atom is -0.478 e. The number of carboxylic acid groups (broad SMARTS) is 1. The molecule has 0 saturated carbocycles. The van der Waals surface area contributed by atoms with Gasteiger partial charge in [-0.2, -0.15) is 0 Å². The number of nitrogen functional groups attached to an aromatic ring is 1. The van der Waals surface area contributed by atoms with E-state index in [0.29, 0.717) is 22.7 Å². The van der Waals surface area contributed by atoms with Crippen LogP contribution >= 0.6 is 11.5 Å². The highest BCUT2D eigenvalue weighted by molar-refractivity contribution is 7.08. The molecule has 0 bridgehead atoms. The van der Waals surface area contributed by atoms with Gasteiger partial charge in [0.05, 0.1) is 16.9 Å². The molecule has 2 rings (SSSR count). The molecule has 0 spiro atoms. The number of hydrogen-bond donors (Lipinski definition) is 2. The Morgan fingerprint density at radius 3 is 2.76 bits per heavy atom. The molecule has 110 valence electrons. The van der Waals surface area contributed by atoms with E-state index in [0.717, 1.165) is 11.5 Å². The SMILES string of the molecule is CCc1nnsc1C(=O)N(C)c1ccc(N)cc1C(=O)O. The van der Waals surface area contributed by atoms with Crippen LogP contribution in [0.5, 0.6) is 0 Å². The van der Waals surface area contributed by atoms with Crippen molar-refractivity contribution < 1.29 is 14.7 Å². The highest BCUT2D eigenvalue weighted by atomic mass is 32.1. The second kappa shape index (κ2) is 5.88. The Balaban J connectivity index is 2.43. The number of amides is 1. The van der Waals surface area contributed by atoms with Crippen molar-refractivity contribution >= 4 is 34.8 Å². The van der Waals surface area contributed by atoms with Crippen molar-refractivity contribution in [1.82, 2.24) is 9.59 Å². The number of carbonyl (C=O) groups is 2. The molecular formula is C13H14N4O3S. The molecule has 1 heterocycles. The second-order valence-electron chi connectivity index (χ2n) is 4.35. The molecule has 8 heteroatoms. The first kappa shape index (κ1) is 14.9. The van der Waals surface area contributed by atoms with Crippen molar-refractivity contribution in [2.24, 2.45) is 0 Å². The summed E-state index contributed by atoms with van der Waals surface area (Å²) in [6.45, 7) is 1.87. The lowest BCUT2D eigenvalue weighted by molar-refractivity contribution is 0.0698. The van der Waals surface area contributed by atoms with E-state index in [1.165, 1.54) is 24.1 Å². The normalized spacial score (nSPS) is 10.4. The average Bonchev–Trinajstić information content (AvgIpc) is 2.94. The molecule has 1 aromatic carbocycles. The summed E-state index contributed by atoms with van der Waals surface area (Å²) >= 11 is 0.998. The molecule has 0 aliphatic rings. The fraction of sp³-hybridized carbons (Fsp3) is 0.231. The van der Waals surface area contributed by atoms with Gasteiger partial charge < -0.3 is 15.7 Å². The molecular weight excluding hydrogens is 292 g/mol. The number of carbonyl (C=O) groups excluding carboxylic acids is 1. The summed E-state index contributed by atoms with van der Waals surface area (Å²) in [5.41, 5.74) is 6.77. The molecule has 1 aromatic heterocycles. The third-order valence-corrected chi connectivity index (χ3v) is 3.76. The highest BCUT2D eigenvalue weighted by Gasteiger charge is 2.23. The first-order valence-corrected chi connectivity index (χ1v) is 6.95. The zero-order valence-corrected chi connectivity index (χ0v) is 12.3. The van der Waals surface area contributed by atoms with Crippen LogP contribution in [0.1, 0.15) is 32.6 Å². The number of aryl methyl sites for hydroxylation is 1. The third-order valence-electron chi connectivity index (χ3n) is 3.00. The summed E-state index contributed by atoms with van der Waals surface area (Å²) in [7, 11) is 1.51. The van der Waals surface area contributed by atoms with Crippen LogP contribution in [0.3, 0.4) is 0 Å². The van der Waals surface area contributed by atoms with Crippen molar-refractivity contribution in [1.29, 1.82) is 0 Å². The average molecular weight is 306 g/mol. The van der Waals surface area contributed by atoms with E-state index in [1.807, 2.05) is 6.92 Å². The Morgan fingerprint density at radius 1 is 1.43 bits per heavy atom. The van der Waals surface area contributed by atoms with E-state index < -0.39 is 5.97 Å². The fourth-order valence-corrected chi connectivity index (χ4v) is 2.61. The maximum atomic E-state index is 12.5. The molecule has 1 amide bonds. The van der Waals surface area contributed by atoms with Crippen LogP contribution in [0, 0.1) is 0 Å². The molecule has 0 radical (unpaired) electrons. The van der Waals surface area contributed by atoms with Crippen molar-refractivity contribution in [3.8, 4) is 0 Å². The van der Waals surface area contributed by atoms with Crippen LogP contribution in [0.2, 0.25) is 0 Å². The Bertz CT molecular complexity index is 698. The van der Waals surface area contributed by atoms with Crippen LogP contribution in [0.4, 0.5) is 11.4 Å². The first-order chi connectivity index (χ1) is 9.95. The Kier molecular flexibility index (Phi) is 4.18. The number of aromatic nitrogens is 2. The van der Waals surface area contributed by atoms with E-state index in [1.54, 1.807) is 6.07 Å². The van der Waals surface area contributed by atoms with Gasteiger partial charge in [-0.3, -0.25) is 4.79 Å². The zero-order chi connectivity index (χ0) is 15.6. The smallest absolute Gasteiger partial charge is 0.337 e. The van der Waals surface area contributed by atoms with E-state index in [9.17, 15) is 14.7 Å². The van der Waals surface area contributed by atoms with E-state index in [4.69, 9.17) is 5.73 Å². The number of anilines is 2. The van der Waals surface area contributed by atoms with Gasteiger partial charge in [-0.1, -0.05) is 11.4 Å². The van der Waals surface area contributed by atoms with Gasteiger partial charge in [0.15, 0.2) is 0 Å². The van der Waals surface area contributed by atoms with Gasteiger partial charge in [-0.15, -0.1) is 5.10 Å². The molecule has 0 saturated heterocycles. The van der Waals surface area contributed by atoms with Gasteiger partial charge in [-0.05, 0) is 36.2 Å². The molecule has 0 fully saturated rings. The van der Waals surface area contributed by atoms with Gasteiger partial charge in [0.25, 0.3) is 5.91 Å². The number of carboxylic acids is 1. The van der Waals surface area contributed by atoms with Gasteiger partial charge in [0.1, 0.15) is 4.88 Å². The predicted octanol–water partition coefficient (Wildman–Crippen LogP) is 1.66. The van der Waals surface area contributed by atoms with Crippen molar-refractivity contribution in [2.75, 3.05) is 17.7 Å². The van der Waals surface area contributed by atoms with Crippen molar-refractivity contribution in [3.63, 3.8) is 0 Å². The zero-order valence-electron chi connectivity index (χ0n) is 11.5. The van der Waals surface area contributed by atoms with Gasteiger partial charge >= 0.3 is 5.97 Å². The van der Waals surface area contributed by atoms with Gasteiger partial charge in [0, 0.05) is 12.7 Å². The summed E-state index contributed by atoms with van der Waals surface area (Å²) in [6, 6.07) is 4.39. The van der Waals surface area contributed by atoms with Crippen LogP contribution in [0.15, 0.2) is 18.2 Å². The monoisotopic (exact) mass is 306 g/mol. The molecule has 0 aliphatic heterocycles. The van der Waals surface area contributed by atoms with Crippen molar-refractivity contribution in [3.05, 3.63) is 34.3 Å². The molecule has 0 aliphatic carbocycles. The lowest BCUT2D eigenvalue weighted by atomic mass is 10.1.